The van der Waals surface area contributed by atoms with Crippen molar-refractivity contribution in [2.45, 2.75) is 0 Å². The van der Waals surface area contributed by atoms with Gasteiger partial charge in [0.25, 0.3) is 5.91 Å². The second-order valence-corrected chi connectivity index (χ2v) is 6.10. The Balaban J connectivity index is 1.47. The van der Waals surface area contributed by atoms with Gasteiger partial charge in [0.1, 0.15) is 17.3 Å². The third kappa shape index (κ3) is 3.03. The lowest BCUT2D eigenvalue weighted by Crippen LogP contribution is -2.49. The van der Waals surface area contributed by atoms with Gasteiger partial charge in [-0.3, -0.25) is 4.79 Å². The summed E-state index contributed by atoms with van der Waals surface area (Å²) in [5, 5.41) is 1.01. The van der Waals surface area contributed by atoms with Crippen LogP contribution < -0.4 is 9.64 Å². The number of amides is 1. The zero-order chi connectivity index (χ0) is 17.2. The Morgan fingerprint density at radius 3 is 2.68 bits per heavy atom. The maximum absolute atomic E-state index is 12.8. The zero-order valence-electron chi connectivity index (χ0n) is 14.1. The number of carbonyl (C=O) groups is 1. The van der Waals surface area contributed by atoms with Crippen LogP contribution in [0.15, 0.2) is 48.7 Å². The Kier molecular flexibility index (Phi) is 4.01. The van der Waals surface area contributed by atoms with Crippen LogP contribution in [0.4, 0.5) is 5.82 Å². The molecule has 1 aliphatic heterocycles. The Morgan fingerprint density at radius 2 is 1.96 bits per heavy atom. The van der Waals surface area contributed by atoms with Crippen molar-refractivity contribution in [3.05, 3.63) is 54.4 Å². The number of nitrogens with one attached hydrogen (secondary N) is 1. The molecule has 0 spiro atoms. The van der Waals surface area contributed by atoms with Crippen LogP contribution in [-0.4, -0.2) is 54.1 Å². The van der Waals surface area contributed by atoms with E-state index in [1.54, 1.807) is 13.3 Å². The second-order valence-electron chi connectivity index (χ2n) is 6.10. The quantitative estimate of drug-likeness (QED) is 0.798. The molecule has 2 aromatic heterocycles. The Morgan fingerprint density at radius 1 is 1.12 bits per heavy atom. The molecule has 0 aliphatic carbocycles. The van der Waals surface area contributed by atoms with E-state index in [1.165, 1.54) is 0 Å². The normalized spacial score (nSPS) is 14.8. The van der Waals surface area contributed by atoms with Crippen molar-refractivity contribution in [1.29, 1.82) is 0 Å². The number of carbonyl (C=O) groups excluding carboxylic acids is 1. The van der Waals surface area contributed by atoms with E-state index < -0.39 is 0 Å². The largest absolute Gasteiger partial charge is 0.497 e. The van der Waals surface area contributed by atoms with Gasteiger partial charge in [-0.1, -0.05) is 6.07 Å². The number of anilines is 1. The minimum atomic E-state index is 0.0378. The number of aromatic nitrogens is 2. The molecule has 0 bridgehead atoms. The van der Waals surface area contributed by atoms with Crippen LogP contribution in [0.3, 0.4) is 0 Å². The summed E-state index contributed by atoms with van der Waals surface area (Å²) >= 11 is 0. The fourth-order valence-electron chi connectivity index (χ4n) is 3.20. The van der Waals surface area contributed by atoms with Gasteiger partial charge in [0.2, 0.25) is 0 Å². The van der Waals surface area contributed by atoms with Crippen molar-refractivity contribution in [1.82, 2.24) is 14.9 Å². The lowest BCUT2D eigenvalue weighted by Gasteiger charge is -2.35. The molecule has 0 radical (unpaired) electrons. The summed E-state index contributed by atoms with van der Waals surface area (Å²) in [6.45, 7) is 2.95. The van der Waals surface area contributed by atoms with Crippen LogP contribution in [0.25, 0.3) is 10.9 Å². The van der Waals surface area contributed by atoms with Crippen LogP contribution in [0, 0.1) is 0 Å². The van der Waals surface area contributed by atoms with E-state index in [4.69, 9.17) is 4.74 Å². The molecule has 0 unspecified atom stereocenters. The summed E-state index contributed by atoms with van der Waals surface area (Å²) in [6.07, 6.45) is 1.80. The fraction of sp³-hybridized carbons (Fsp3) is 0.263. The van der Waals surface area contributed by atoms with Gasteiger partial charge in [-0.25, -0.2) is 4.98 Å². The van der Waals surface area contributed by atoms with Gasteiger partial charge in [-0.2, -0.15) is 0 Å². The zero-order valence-corrected chi connectivity index (χ0v) is 14.1. The molecular formula is C19H20N4O2. The molecule has 6 nitrogen and oxygen atoms in total. The number of benzene rings is 1. The smallest absolute Gasteiger partial charge is 0.270 e. The van der Waals surface area contributed by atoms with Crippen LogP contribution >= 0.6 is 0 Å². The van der Waals surface area contributed by atoms with Crippen molar-refractivity contribution in [3.8, 4) is 5.75 Å². The summed E-state index contributed by atoms with van der Waals surface area (Å²) in [6, 6.07) is 13.6. The van der Waals surface area contributed by atoms with Gasteiger partial charge in [0.05, 0.1) is 7.11 Å². The Bertz CT molecular complexity index is 883. The highest BCUT2D eigenvalue weighted by Crippen LogP contribution is 2.22. The molecule has 4 rings (SSSR count). The monoisotopic (exact) mass is 336 g/mol. The summed E-state index contributed by atoms with van der Waals surface area (Å²) in [5.74, 6) is 1.78. The van der Waals surface area contributed by atoms with Gasteiger partial charge < -0.3 is 19.5 Å². The molecule has 1 saturated heterocycles. The first-order chi connectivity index (χ1) is 12.2. The molecule has 128 valence electrons. The van der Waals surface area contributed by atoms with E-state index in [2.05, 4.69) is 14.9 Å². The number of fused-ring (bicyclic) bond motifs is 1. The number of hydrogen-bond acceptors (Lipinski definition) is 4. The average molecular weight is 336 g/mol. The fourth-order valence-corrected chi connectivity index (χ4v) is 3.20. The molecule has 3 aromatic rings. The van der Waals surface area contributed by atoms with Crippen molar-refractivity contribution >= 4 is 22.6 Å². The molecule has 1 fully saturated rings. The van der Waals surface area contributed by atoms with E-state index >= 15 is 0 Å². The predicted octanol–water partition coefficient (Wildman–Crippen LogP) is 2.53. The van der Waals surface area contributed by atoms with Crippen LogP contribution in [0.2, 0.25) is 0 Å². The summed E-state index contributed by atoms with van der Waals surface area (Å²) in [4.78, 5) is 24.5. The molecule has 6 heteroatoms. The molecule has 1 amide bonds. The van der Waals surface area contributed by atoms with Crippen molar-refractivity contribution in [2.75, 3.05) is 38.2 Å². The van der Waals surface area contributed by atoms with Gasteiger partial charge in [-0.05, 0) is 30.3 Å². The first kappa shape index (κ1) is 15.5. The number of ether oxygens (including phenoxy) is 1. The molecule has 25 heavy (non-hydrogen) atoms. The Labute approximate surface area is 146 Å². The van der Waals surface area contributed by atoms with Gasteiger partial charge in [0.15, 0.2) is 0 Å². The highest BCUT2D eigenvalue weighted by atomic mass is 16.5. The highest BCUT2D eigenvalue weighted by molar-refractivity contribution is 5.98. The topological polar surface area (TPSA) is 61.5 Å². The van der Waals surface area contributed by atoms with Crippen molar-refractivity contribution in [2.24, 2.45) is 0 Å². The second kappa shape index (κ2) is 6.47. The van der Waals surface area contributed by atoms with Crippen LogP contribution in [0.5, 0.6) is 5.75 Å². The van der Waals surface area contributed by atoms with Gasteiger partial charge >= 0.3 is 0 Å². The third-order valence-corrected chi connectivity index (χ3v) is 4.60. The lowest BCUT2D eigenvalue weighted by atomic mass is 10.2. The Hall–Kier alpha value is -3.02. The van der Waals surface area contributed by atoms with Gasteiger partial charge in [-0.15, -0.1) is 0 Å². The maximum Gasteiger partial charge on any atom is 0.270 e. The maximum atomic E-state index is 12.8. The van der Waals surface area contributed by atoms with Gasteiger partial charge in [0, 0.05) is 49.3 Å². The standard InChI is InChI=1S/C19H20N4O2/c1-25-15-6-5-14-12-17(21-16(14)13-15)19(24)23-10-8-22(9-11-23)18-4-2-3-7-20-18/h2-7,12-13,21H,8-11H2,1H3. The van der Waals surface area contributed by atoms with Crippen LogP contribution in [0.1, 0.15) is 10.5 Å². The SMILES string of the molecule is COc1ccc2cc(C(=O)N3CCN(c4ccccn4)CC3)[nH]c2c1. The first-order valence-electron chi connectivity index (χ1n) is 8.36. The molecule has 0 atom stereocenters. The van der Waals surface area contributed by atoms with Crippen LogP contribution in [-0.2, 0) is 0 Å². The summed E-state index contributed by atoms with van der Waals surface area (Å²) in [5.41, 5.74) is 1.53. The van der Waals surface area contributed by atoms with E-state index in [-0.39, 0.29) is 5.91 Å². The molecule has 1 aliphatic rings. The molecule has 1 N–H and O–H groups in total. The predicted molar refractivity (Wildman–Crippen MR) is 97.2 cm³/mol. The van der Waals surface area contributed by atoms with E-state index in [1.807, 2.05) is 47.4 Å². The minimum absolute atomic E-state index is 0.0378. The number of methoxy groups -OCH3 is 1. The number of nitrogens with zero attached hydrogens (tertiary/aromatic N) is 3. The van der Waals surface area contributed by atoms with E-state index in [0.29, 0.717) is 18.8 Å². The molecule has 1 aromatic carbocycles. The van der Waals surface area contributed by atoms with E-state index in [0.717, 1.165) is 35.6 Å². The number of hydrogen-bond donors (Lipinski definition) is 1. The molecule has 0 saturated carbocycles. The third-order valence-electron chi connectivity index (χ3n) is 4.60. The molecular weight excluding hydrogens is 316 g/mol. The summed E-state index contributed by atoms with van der Waals surface area (Å²) < 4.78 is 5.24. The average Bonchev–Trinajstić information content (AvgIpc) is 3.11. The first-order valence-corrected chi connectivity index (χ1v) is 8.36. The number of H-pyrrole nitrogens is 1. The number of aromatic amines is 1. The minimum Gasteiger partial charge on any atom is -0.497 e. The number of pyridine rings is 1. The van der Waals surface area contributed by atoms with Crippen molar-refractivity contribution < 1.29 is 9.53 Å². The molecule has 3 heterocycles. The summed E-state index contributed by atoms with van der Waals surface area (Å²) in [7, 11) is 1.64. The number of piperazine rings is 1. The number of rotatable bonds is 3. The highest BCUT2D eigenvalue weighted by Gasteiger charge is 2.23. The lowest BCUT2D eigenvalue weighted by molar-refractivity contribution is 0.0741. The van der Waals surface area contributed by atoms with Crippen molar-refractivity contribution in [3.63, 3.8) is 0 Å². The van der Waals surface area contributed by atoms with E-state index in [9.17, 15) is 4.79 Å².